The highest BCUT2D eigenvalue weighted by Crippen LogP contribution is 2.40. The minimum Gasteiger partial charge on any atom is -0.393 e. The molecule has 5 heterocycles. The summed E-state index contributed by atoms with van der Waals surface area (Å²) in [5, 5.41) is 17.0. The van der Waals surface area contributed by atoms with Crippen molar-refractivity contribution in [3.63, 3.8) is 0 Å². The lowest BCUT2D eigenvalue weighted by atomic mass is 9.89. The molecule has 4 aromatic rings. The van der Waals surface area contributed by atoms with Gasteiger partial charge in [-0.2, -0.15) is 0 Å². The van der Waals surface area contributed by atoms with E-state index < -0.39 is 0 Å². The van der Waals surface area contributed by atoms with Crippen LogP contribution in [0.1, 0.15) is 73.2 Å². The first-order valence-electron chi connectivity index (χ1n) is 14.3. The van der Waals surface area contributed by atoms with E-state index in [4.69, 9.17) is 5.73 Å². The second-order valence-electron chi connectivity index (χ2n) is 11.2. The van der Waals surface area contributed by atoms with Crippen LogP contribution in [0.3, 0.4) is 0 Å². The van der Waals surface area contributed by atoms with Crippen molar-refractivity contribution in [3.8, 4) is 11.1 Å². The summed E-state index contributed by atoms with van der Waals surface area (Å²) in [7, 11) is 0. The number of hydrogen-bond donors (Lipinski definition) is 4. The zero-order chi connectivity index (χ0) is 27.4. The number of nitrogens with two attached hydrogens (primary N) is 1. The molecular formula is C29H34N8O3. The predicted molar refractivity (Wildman–Crippen MR) is 152 cm³/mol. The molecule has 0 bridgehead atoms. The summed E-state index contributed by atoms with van der Waals surface area (Å²) in [4.78, 5) is 35.8. The molecule has 1 saturated heterocycles. The number of nitrogens with one attached hydrogen (secondary N) is 2. The highest BCUT2D eigenvalue weighted by molar-refractivity contribution is 6.05. The quantitative estimate of drug-likeness (QED) is 0.303. The van der Waals surface area contributed by atoms with Crippen molar-refractivity contribution >= 4 is 28.4 Å². The number of hydrogen-bond acceptors (Lipinski definition) is 7. The number of aliphatic hydroxyl groups excluding tert-OH is 1. The molecule has 1 atom stereocenters. The average molecular weight is 543 g/mol. The number of nitrogens with zero attached hydrogens (tertiary/aromatic N) is 5. The van der Waals surface area contributed by atoms with Crippen molar-refractivity contribution in [3.05, 3.63) is 58.4 Å². The number of rotatable bonds is 5. The number of nitrogen functional groups attached to an aromatic ring is 1. The Morgan fingerprint density at radius 1 is 1.10 bits per heavy atom. The van der Waals surface area contributed by atoms with Gasteiger partial charge in [-0.25, -0.2) is 14.6 Å². The van der Waals surface area contributed by atoms with Crippen LogP contribution in [0.4, 0.5) is 11.5 Å². The van der Waals surface area contributed by atoms with E-state index in [1.54, 1.807) is 4.68 Å². The Balaban J connectivity index is 1.18. The number of aliphatic hydroxyl groups is 1. The van der Waals surface area contributed by atoms with Crippen molar-refractivity contribution in [2.75, 3.05) is 17.6 Å². The molecule has 40 heavy (non-hydrogen) atoms. The Morgan fingerprint density at radius 3 is 2.67 bits per heavy atom. The first-order chi connectivity index (χ1) is 19.5. The summed E-state index contributed by atoms with van der Waals surface area (Å²) in [5.74, 6) is 0.0361. The van der Waals surface area contributed by atoms with Gasteiger partial charge in [0.1, 0.15) is 29.5 Å². The van der Waals surface area contributed by atoms with Gasteiger partial charge in [0.15, 0.2) is 0 Å². The van der Waals surface area contributed by atoms with Crippen molar-refractivity contribution in [2.45, 2.75) is 76.2 Å². The van der Waals surface area contributed by atoms with Gasteiger partial charge in [0.05, 0.1) is 17.2 Å². The Bertz CT molecular complexity index is 1640. The third-order valence-corrected chi connectivity index (χ3v) is 8.70. The maximum atomic E-state index is 13.6. The van der Waals surface area contributed by atoms with Gasteiger partial charge in [-0.1, -0.05) is 12.1 Å². The van der Waals surface area contributed by atoms with E-state index in [9.17, 15) is 14.7 Å². The van der Waals surface area contributed by atoms with E-state index in [0.29, 0.717) is 24.3 Å². The Kier molecular flexibility index (Phi) is 6.20. The SMILES string of the molecule is Nc1ncnc2c1c(-c1ccc(NC(=O)c3c4n(n(C5CCCCN5)c3=O)CCCC4)cc1)cn2C1CC(O)C1. The van der Waals surface area contributed by atoms with Crippen molar-refractivity contribution in [1.29, 1.82) is 0 Å². The monoisotopic (exact) mass is 542 g/mol. The minimum atomic E-state index is -0.365. The Morgan fingerprint density at radius 2 is 1.93 bits per heavy atom. The Hall–Kier alpha value is -3.96. The average Bonchev–Trinajstić information content (AvgIpc) is 3.48. The molecule has 5 N–H and O–H groups in total. The van der Waals surface area contributed by atoms with E-state index in [2.05, 4.69) is 25.2 Å². The number of carbonyl (C=O) groups is 1. The van der Waals surface area contributed by atoms with E-state index >= 15 is 0 Å². The molecule has 0 spiro atoms. The molecule has 0 radical (unpaired) electrons. The highest BCUT2D eigenvalue weighted by atomic mass is 16.3. The summed E-state index contributed by atoms with van der Waals surface area (Å²) in [6, 6.07) is 7.70. The van der Waals surface area contributed by atoms with Gasteiger partial charge in [-0.05, 0) is 75.6 Å². The van der Waals surface area contributed by atoms with Gasteiger partial charge >= 0.3 is 0 Å². The third-order valence-electron chi connectivity index (χ3n) is 8.70. The van der Waals surface area contributed by atoms with Gasteiger partial charge in [0.25, 0.3) is 11.5 Å². The van der Waals surface area contributed by atoms with E-state index in [1.165, 1.54) is 6.33 Å². The summed E-state index contributed by atoms with van der Waals surface area (Å²) in [6.45, 7) is 1.63. The lowest BCUT2D eigenvalue weighted by molar-refractivity contribution is 0.0501. The zero-order valence-corrected chi connectivity index (χ0v) is 22.3. The Labute approximate surface area is 231 Å². The molecule has 2 fully saturated rings. The lowest BCUT2D eigenvalue weighted by Crippen LogP contribution is -2.40. The molecule has 1 unspecified atom stereocenters. The van der Waals surface area contributed by atoms with E-state index in [0.717, 1.165) is 79.5 Å². The van der Waals surface area contributed by atoms with Crippen molar-refractivity contribution in [2.24, 2.45) is 0 Å². The van der Waals surface area contributed by atoms with Crippen LogP contribution < -0.4 is 21.9 Å². The predicted octanol–water partition coefficient (Wildman–Crippen LogP) is 3.20. The first kappa shape index (κ1) is 25.0. The van der Waals surface area contributed by atoms with Crippen LogP contribution in [0.15, 0.2) is 41.6 Å². The van der Waals surface area contributed by atoms with Crippen LogP contribution in [0.2, 0.25) is 0 Å². The molecule has 1 saturated carbocycles. The molecule has 3 aliphatic rings. The van der Waals surface area contributed by atoms with Crippen molar-refractivity contribution < 1.29 is 9.90 Å². The summed E-state index contributed by atoms with van der Waals surface area (Å²) < 4.78 is 5.90. The van der Waals surface area contributed by atoms with Gasteiger partial charge in [0.2, 0.25) is 0 Å². The van der Waals surface area contributed by atoms with Gasteiger partial charge in [-0.15, -0.1) is 0 Å². The number of benzene rings is 1. The summed E-state index contributed by atoms with van der Waals surface area (Å²) >= 11 is 0. The number of fused-ring (bicyclic) bond motifs is 2. The van der Waals surface area contributed by atoms with Crippen LogP contribution in [0, 0.1) is 0 Å². The second kappa shape index (κ2) is 9.90. The molecule has 208 valence electrons. The maximum Gasteiger partial charge on any atom is 0.281 e. The van der Waals surface area contributed by atoms with Crippen LogP contribution in [-0.2, 0) is 13.0 Å². The zero-order valence-electron chi connectivity index (χ0n) is 22.3. The van der Waals surface area contributed by atoms with Crippen LogP contribution in [-0.4, -0.2) is 47.6 Å². The third kappa shape index (κ3) is 4.11. The van der Waals surface area contributed by atoms with Crippen molar-refractivity contribution in [1.82, 2.24) is 29.2 Å². The molecular weight excluding hydrogens is 508 g/mol. The van der Waals surface area contributed by atoms with Gasteiger partial charge < -0.3 is 20.7 Å². The maximum absolute atomic E-state index is 13.6. The number of anilines is 2. The molecule has 2 aliphatic heterocycles. The van der Waals surface area contributed by atoms with E-state index in [-0.39, 0.29) is 35.3 Å². The molecule has 11 nitrogen and oxygen atoms in total. The van der Waals surface area contributed by atoms with Crippen LogP contribution >= 0.6 is 0 Å². The summed E-state index contributed by atoms with van der Waals surface area (Å²) in [5.41, 5.74) is 10.3. The largest absolute Gasteiger partial charge is 0.393 e. The fraction of sp³-hybridized carbons (Fsp3) is 0.448. The number of amides is 1. The first-order valence-corrected chi connectivity index (χ1v) is 14.3. The van der Waals surface area contributed by atoms with Gasteiger partial charge in [0, 0.05) is 30.0 Å². The van der Waals surface area contributed by atoms with Gasteiger partial charge in [-0.3, -0.25) is 19.6 Å². The molecule has 3 aromatic heterocycles. The second-order valence-corrected chi connectivity index (χ2v) is 11.2. The normalized spacial score (nSPS) is 22.6. The number of piperidine rings is 1. The lowest BCUT2D eigenvalue weighted by Gasteiger charge is -2.32. The standard InChI is InChI=1S/C29H34N8O3/c30-26-24-21(15-35(19-13-20(38)14-19)27(24)33-16-32-26)17-7-9-18(10-8-17)34-28(39)25-22-5-2-4-12-36(22)37(29(25)40)23-6-1-3-11-31-23/h7-10,15-16,19-20,23,31,38H,1-6,11-14H2,(H,34,39)(H2,30,32,33). The summed E-state index contributed by atoms with van der Waals surface area (Å²) in [6.07, 6.45) is 10.2. The van der Waals surface area contributed by atoms with Crippen LogP contribution in [0.25, 0.3) is 22.2 Å². The fourth-order valence-corrected chi connectivity index (χ4v) is 6.56. The fourth-order valence-electron chi connectivity index (χ4n) is 6.56. The topological polar surface area (TPSA) is 145 Å². The molecule has 1 amide bonds. The highest BCUT2D eigenvalue weighted by Gasteiger charge is 2.32. The molecule has 11 heteroatoms. The molecule has 7 rings (SSSR count). The van der Waals surface area contributed by atoms with Crippen LogP contribution in [0.5, 0.6) is 0 Å². The molecule has 1 aliphatic carbocycles. The minimum absolute atomic E-state index is 0.0688. The smallest absolute Gasteiger partial charge is 0.281 e. The number of aromatic nitrogens is 5. The number of carbonyl (C=O) groups excluding carboxylic acids is 1. The molecule has 1 aromatic carbocycles. The van der Waals surface area contributed by atoms with E-state index in [1.807, 2.05) is 35.1 Å².